The molecular weight excluding hydrogens is 537 g/mol. The Balaban J connectivity index is 2.57. The van der Waals surface area contributed by atoms with Gasteiger partial charge >= 0.3 is 0 Å². The Bertz CT molecular complexity index is 1220. The van der Waals surface area contributed by atoms with E-state index in [2.05, 4.69) is 129 Å². The SMILES string of the molecule is CC(=CC=CC(C)(C)O)c1cccc(C=Cc2ccc(C(O[SiH](C)C)C(C)(C)C)c(C(O[SiH](C)C)C(C)(C)C)c2)c1. The van der Waals surface area contributed by atoms with E-state index in [9.17, 15) is 5.11 Å². The monoisotopic (exact) mass is 592 g/mol. The summed E-state index contributed by atoms with van der Waals surface area (Å²) < 4.78 is 13.5. The summed E-state index contributed by atoms with van der Waals surface area (Å²) in [7, 11) is -2.59. The fraction of sp³-hybridized carbons (Fsp3) is 0.500. The summed E-state index contributed by atoms with van der Waals surface area (Å²) in [5.74, 6) is 0. The molecule has 2 atom stereocenters. The van der Waals surface area contributed by atoms with Crippen molar-refractivity contribution in [2.75, 3.05) is 0 Å². The first kappa shape index (κ1) is 35.2. The molecule has 0 bridgehead atoms. The Morgan fingerprint density at radius 1 is 0.732 bits per heavy atom. The fourth-order valence-corrected chi connectivity index (χ4v) is 7.00. The van der Waals surface area contributed by atoms with Crippen LogP contribution in [0.5, 0.6) is 0 Å². The molecule has 0 amide bonds. The molecule has 1 N–H and O–H groups in total. The Morgan fingerprint density at radius 2 is 1.24 bits per heavy atom. The number of benzene rings is 2. The molecule has 0 aliphatic rings. The highest BCUT2D eigenvalue weighted by Crippen LogP contribution is 2.45. The highest BCUT2D eigenvalue weighted by molar-refractivity contribution is 6.48. The van der Waals surface area contributed by atoms with Gasteiger partial charge in [-0.15, -0.1) is 0 Å². The van der Waals surface area contributed by atoms with E-state index in [1.54, 1.807) is 19.9 Å². The van der Waals surface area contributed by atoms with Crippen molar-refractivity contribution in [2.45, 2.75) is 106 Å². The predicted octanol–water partition coefficient (Wildman–Crippen LogP) is 9.76. The standard InChI is InChI=1S/C36H56O3Si2/c1-26(16-15-23-36(8,9)37)29-18-14-17-27(24-29)19-20-28-21-22-30(32(34(2,3)4)38-40(10)11)31(25-28)33(35(5,6)7)39-41(12)13/h14-25,32-33,37,40-41H,1-13H3. The molecule has 0 aliphatic heterocycles. The molecule has 0 saturated heterocycles. The molecule has 2 rings (SSSR count). The number of rotatable bonds is 11. The minimum absolute atomic E-state index is 0.00661. The minimum atomic E-state index is -1.31. The van der Waals surface area contributed by atoms with E-state index >= 15 is 0 Å². The zero-order valence-corrected chi connectivity index (χ0v) is 30.3. The topological polar surface area (TPSA) is 38.7 Å². The molecule has 2 unspecified atom stereocenters. The van der Waals surface area contributed by atoms with Crippen molar-refractivity contribution in [1.82, 2.24) is 0 Å². The lowest BCUT2D eigenvalue weighted by atomic mass is 9.77. The quantitative estimate of drug-likeness (QED) is 0.160. The van der Waals surface area contributed by atoms with Gasteiger partial charge in [0, 0.05) is 0 Å². The van der Waals surface area contributed by atoms with E-state index < -0.39 is 23.7 Å². The molecule has 0 spiro atoms. The molecule has 226 valence electrons. The summed E-state index contributed by atoms with van der Waals surface area (Å²) in [6.45, 7) is 28.3. The summed E-state index contributed by atoms with van der Waals surface area (Å²) in [4.78, 5) is 0. The molecule has 3 nitrogen and oxygen atoms in total. The largest absolute Gasteiger partial charge is 0.413 e. The third kappa shape index (κ3) is 11.6. The van der Waals surface area contributed by atoms with Gasteiger partial charge in [0.05, 0.1) is 17.8 Å². The smallest absolute Gasteiger partial charge is 0.171 e. The maximum atomic E-state index is 9.95. The third-order valence-corrected chi connectivity index (χ3v) is 8.36. The number of hydrogen-bond donors (Lipinski definition) is 1. The Hall–Kier alpha value is -2.03. The van der Waals surface area contributed by atoms with Crippen LogP contribution < -0.4 is 0 Å². The van der Waals surface area contributed by atoms with Gasteiger partial charge in [-0.2, -0.15) is 0 Å². The van der Waals surface area contributed by atoms with Crippen molar-refractivity contribution in [3.8, 4) is 0 Å². The number of hydrogen-bond acceptors (Lipinski definition) is 3. The van der Waals surface area contributed by atoms with Crippen LogP contribution in [-0.2, 0) is 8.85 Å². The summed E-state index contributed by atoms with van der Waals surface area (Å²) in [6.07, 6.45) is 10.2. The van der Waals surface area contributed by atoms with Gasteiger partial charge in [-0.3, -0.25) is 0 Å². The second-order valence-electron chi connectivity index (χ2n) is 14.6. The third-order valence-electron chi connectivity index (χ3n) is 6.73. The second-order valence-corrected chi connectivity index (χ2v) is 19.3. The van der Waals surface area contributed by atoms with Gasteiger partial charge in [-0.05, 0) is 103 Å². The van der Waals surface area contributed by atoms with Crippen LogP contribution in [0.2, 0.25) is 26.2 Å². The lowest BCUT2D eigenvalue weighted by Crippen LogP contribution is -2.31. The van der Waals surface area contributed by atoms with Crippen molar-refractivity contribution in [1.29, 1.82) is 0 Å². The fourth-order valence-electron chi connectivity index (χ4n) is 4.80. The number of allylic oxidation sites excluding steroid dienone is 3. The van der Waals surface area contributed by atoms with Crippen molar-refractivity contribution < 1.29 is 14.0 Å². The Labute approximate surface area is 254 Å². The van der Waals surface area contributed by atoms with Crippen molar-refractivity contribution in [2.24, 2.45) is 10.8 Å². The molecule has 2 aromatic carbocycles. The highest BCUT2D eigenvalue weighted by atomic mass is 28.3. The lowest BCUT2D eigenvalue weighted by Gasteiger charge is -2.39. The zero-order valence-electron chi connectivity index (χ0n) is 28.0. The molecule has 41 heavy (non-hydrogen) atoms. The van der Waals surface area contributed by atoms with Crippen molar-refractivity contribution >= 4 is 35.8 Å². The van der Waals surface area contributed by atoms with Gasteiger partial charge in [-0.1, -0.05) is 102 Å². The van der Waals surface area contributed by atoms with Gasteiger partial charge in [0.15, 0.2) is 18.1 Å². The summed E-state index contributed by atoms with van der Waals surface area (Å²) in [6, 6.07) is 15.4. The maximum absolute atomic E-state index is 9.95. The normalized spacial score (nSPS) is 15.5. The van der Waals surface area contributed by atoms with Crippen molar-refractivity contribution in [3.05, 3.63) is 88.5 Å². The van der Waals surface area contributed by atoms with Crippen LogP contribution in [0, 0.1) is 10.8 Å². The molecular formula is C36H56O3Si2. The molecule has 0 aliphatic carbocycles. The van der Waals surface area contributed by atoms with Gasteiger partial charge in [-0.25, -0.2) is 0 Å². The van der Waals surface area contributed by atoms with Crippen LogP contribution in [0.4, 0.5) is 0 Å². The Kier molecular flexibility index (Phi) is 12.4. The zero-order chi connectivity index (χ0) is 31.2. The minimum Gasteiger partial charge on any atom is -0.413 e. The highest BCUT2D eigenvalue weighted by Gasteiger charge is 2.35. The molecule has 0 saturated carbocycles. The van der Waals surface area contributed by atoms with Crippen LogP contribution in [0.25, 0.3) is 17.7 Å². The predicted molar refractivity (Wildman–Crippen MR) is 185 cm³/mol. The molecule has 0 radical (unpaired) electrons. The summed E-state index contributed by atoms with van der Waals surface area (Å²) in [5, 5.41) is 9.95. The molecule has 2 aromatic rings. The van der Waals surface area contributed by atoms with E-state index in [4.69, 9.17) is 8.85 Å². The van der Waals surface area contributed by atoms with E-state index in [0.717, 1.165) is 22.3 Å². The van der Waals surface area contributed by atoms with Gasteiger partial charge in [0.25, 0.3) is 0 Å². The van der Waals surface area contributed by atoms with Gasteiger partial charge in [0.2, 0.25) is 0 Å². The Morgan fingerprint density at radius 3 is 1.73 bits per heavy atom. The average molecular weight is 593 g/mol. The van der Waals surface area contributed by atoms with Crippen LogP contribution >= 0.6 is 0 Å². The van der Waals surface area contributed by atoms with Gasteiger partial charge in [0.1, 0.15) is 0 Å². The van der Waals surface area contributed by atoms with Crippen LogP contribution in [0.1, 0.15) is 102 Å². The molecule has 5 heteroatoms. The number of aliphatic hydroxyl groups is 1. The van der Waals surface area contributed by atoms with E-state index in [1.165, 1.54) is 11.1 Å². The van der Waals surface area contributed by atoms with Crippen LogP contribution in [-0.4, -0.2) is 28.8 Å². The maximum Gasteiger partial charge on any atom is 0.171 e. The summed E-state index contributed by atoms with van der Waals surface area (Å²) in [5.41, 5.74) is 6.22. The van der Waals surface area contributed by atoms with E-state index in [-0.39, 0.29) is 23.0 Å². The first-order chi connectivity index (χ1) is 18.8. The van der Waals surface area contributed by atoms with E-state index in [1.807, 2.05) is 12.2 Å². The summed E-state index contributed by atoms with van der Waals surface area (Å²) >= 11 is 0. The molecule has 0 aromatic heterocycles. The lowest BCUT2D eigenvalue weighted by molar-refractivity contribution is 0.0656. The van der Waals surface area contributed by atoms with Crippen molar-refractivity contribution in [3.63, 3.8) is 0 Å². The second kappa shape index (κ2) is 14.4. The van der Waals surface area contributed by atoms with Gasteiger partial charge < -0.3 is 14.0 Å². The van der Waals surface area contributed by atoms with Crippen LogP contribution in [0.15, 0.2) is 60.7 Å². The average Bonchev–Trinajstić information content (AvgIpc) is 2.82. The molecule has 0 fully saturated rings. The molecule has 0 heterocycles. The first-order valence-electron chi connectivity index (χ1n) is 15.1. The first-order valence-corrected chi connectivity index (χ1v) is 20.7. The van der Waals surface area contributed by atoms with E-state index in [0.29, 0.717) is 0 Å². The van der Waals surface area contributed by atoms with Crippen LogP contribution in [0.3, 0.4) is 0 Å².